The molecule has 0 spiro atoms. The maximum Gasteiger partial charge on any atom is 0.407 e. The minimum absolute atomic E-state index is 0.0764. The van der Waals surface area contributed by atoms with Gasteiger partial charge in [-0.3, -0.25) is 4.68 Å². The number of nitrogens with one attached hydrogen (secondary N) is 2. The molecule has 1 aromatic carbocycles. The van der Waals surface area contributed by atoms with Gasteiger partial charge in [0.1, 0.15) is 11.9 Å². The van der Waals surface area contributed by atoms with E-state index in [1.54, 1.807) is 30.7 Å². The molecule has 2 fully saturated rings. The Hall–Kier alpha value is -3.03. The molecule has 0 radical (unpaired) electrons. The standard InChI is InChI=1S/C27H34FN5O5S2/c1-17(2)38-27(34)32-19-5-3-18(4-6-19)26-29-13-24(39-26)23-8-7-20(31-21-12-30-33(14-21)10-9-28)11-25(23)40(35,36)22-15-37-16-22/h7-8,11-14,17-19,22,31H,3-6,9-10,15-16H2,1-2H3,(H,32,34)/t18-,19-. The highest BCUT2D eigenvalue weighted by Crippen LogP contribution is 2.41. The van der Waals surface area contributed by atoms with E-state index in [0.717, 1.165) is 35.6 Å². The van der Waals surface area contributed by atoms with E-state index in [1.807, 2.05) is 19.9 Å². The lowest BCUT2D eigenvalue weighted by Crippen LogP contribution is -2.40. The van der Waals surface area contributed by atoms with Gasteiger partial charge in [0.25, 0.3) is 0 Å². The monoisotopic (exact) mass is 591 g/mol. The van der Waals surface area contributed by atoms with Crippen LogP contribution in [0.1, 0.15) is 50.5 Å². The van der Waals surface area contributed by atoms with Crippen LogP contribution in [0.3, 0.4) is 0 Å². The van der Waals surface area contributed by atoms with Crippen molar-refractivity contribution in [2.75, 3.05) is 25.2 Å². The molecular weight excluding hydrogens is 557 g/mol. The number of hydrogen-bond acceptors (Lipinski definition) is 9. The van der Waals surface area contributed by atoms with E-state index < -0.39 is 21.8 Å². The molecular formula is C27H34FN5O5S2. The predicted molar refractivity (Wildman–Crippen MR) is 151 cm³/mol. The Labute approximate surface area is 237 Å². The normalized spacial score (nSPS) is 19.8. The lowest BCUT2D eigenvalue weighted by atomic mass is 9.86. The van der Waals surface area contributed by atoms with Crippen LogP contribution in [0.15, 0.2) is 41.7 Å². The number of alkyl carbamates (subject to hydrolysis) is 1. The highest BCUT2D eigenvalue weighted by Gasteiger charge is 2.36. The molecule has 10 nitrogen and oxygen atoms in total. The SMILES string of the molecule is CC(C)OC(=O)N[C@H]1CC[C@H](c2ncc(-c3ccc(Nc4cnn(CCF)c4)cc3S(=O)(=O)C3COC3)s2)CC1. The Morgan fingerprint density at radius 1 is 1.20 bits per heavy atom. The maximum atomic E-state index is 13.6. The minimum Gasteiger partial charge on any atom is -0.447 e. The number of amides is 1. The van der Waals surface area contributed by atoms with Gasteiger partial charge < -0.3 is 20.1 Å². The third kappa shape index (κ3) is 6.47. The van der Waals surface area contributed by atoms with Crippen molar-refractivity contribution in [2.24, 2.45) is 0 Å². The van der Waals surface area contributed by atoms with Crippen LogP contribution in [0.25, 0.3) is 10.4 Å². The summed E-state index contributed by atoms with van der Waals surface area (Å²) >= 11 is 1.51. The number of thiazole rings is 1. The average molecular weight is 592 g/mol. The van der Waals surface area contributed by atoms with Crippen molar-refractivity contribution in [3.8, 4) is 10.4 Å². The first-order valence-electron chi connectivity index (χ1n) is 13.5. The second kappa shape index (κ2) is 12.2. The summed E-state index contributed by atoms with van der Waals surface area (Å²) in [7, 11) is -3.65. The van der Waals surface area contributed by atoms with Crippen LogP contribution in [0.4, 0.5) is 20.6 Å². The molecule has 1 saturated heterocycles. The molecule has 3 heterocycles. The van der Waals surface area contributed by atoms with Crippen LogP contribution in [0.5, 0.6) is 0 Å². The third-order valence-electron chi connectivity index (χ3n) is 7.10. The van der Waals surface area contributed by atoms with E-state index in [-0.39, 0.29) is 48.8 Å². The molecule has 2 aromatic heterocycles. The third-order valence-corrected chi connectivity index (χ3v) is 10.4. The van der Waals surface area contributed by atoms with Gasteiger partial charge >= 0.3 is 6.09 Å². The molecule has 1 aliphatic heterocycles. The van der Waals surface area contributed by atoms with Crippen LogP contribution in [-0.2, 0) is 25.9 Å². The Kier molecular flexibility index (Phi) is 8.71. The van der Waals surface area contributed by atoms with Gasteiger partial charge in [0.05, 0.1) is 52.5 Å². The number of sulfone groups is 1. The van der Waals surface area contributed by atoms with E-state index in [9.17, 15) is 17.6 Å². The number of ether oxygens (including phenoxy) is 2. The van der Waals surface area contributed by atoms with E-state index in [1.165, 1.54) is 16.0 Å². The zero-order valence-electron chi connectivity index (χ0n) is 22.5. The van der Waals surface area contributed by atoms with E-state index in [2.05, 4.69) is 20.7 Å². The van der Waals surface area contributed by atoms with Gasteiger partial charge in [-0.15, -0.1) is 11.3 Å². The highest BCUT2D eigenvalue weighted by atomic mass is 32.2. The molecule has 3 aromatic rings. The number of anilines is 2. The first-order valence-corrected chi connectivity index (χ1v) is 15.8. The summed E-state index contributed by atoms with van der Waals surface area (Å²) in [5.41, 5.74) is 1.84. The van der Waals surface area contributed by atoms with E-state index in [4.69, 9.17) is 9.47 Å². The number of aromatic nitrogens is 3. The van der Waals surface area contributed by atoms with Gasteiger partial charge in [-0.2, -0.15) is 5.10 Å². The van der Waals surface area contributed by atoms with Crippen LogP contribution < -0.4 is 10.6 Å². The number of benzene rings is 1. The Morgan fingerprint density at radius 3 is 2.65 bits per heavy atom. The van der Waals surface area contributed by atoms with Gasteiger partial charge in [-0.05, 0) is 51.7 Å². The number of aryl methyl sites for hydroxylation is 1. The molecule has 0 unspecified atom stereocenters. The van der Waals surface area contributed by atoms with Crippen molar-refractivity contribution in [2.45, 2.75) is 74.3 Å². The number of rotatable bonds is 10. The largest absolute Gasteiger partial charge is 0.447 e. The van der Waals surface area contributed by atoms with Crippen LogP contribution in [0.2, 0.25) is 0 Å². The number of alkyl halides is 1. The summed E-state index contributed by atoms with van der Waals surface area (Å²) in [5, 5.41) is 10.6. The van der Waals surface area contributed by atoms with Crippen LogP contribution in [-0.4, -0.2) is 66.6 Å². The molecule has 13 heteroatoms. The zero-order valence-corrected chi connectivity index (χ0v) is 24.1. The summed E-state index contributed by atoms with van der Waals surface area (Å²) in [6, 6.07) is 5.35. The molecule has 5 rings (SSSR count). The molecule has 1 saturated carbocycles. The first kappa shape index (κ1) is 28.5. The van der Waals surface area contributed by atoms with Crippen molar-refractivity contribution in [3.63, 3.8) is 0 Å². The summed E-state index contributed by atoms with van der Waals surface area (Å²) in [5.74, 6) is 0.250. The average Bonchev–Trinajstić information content (AvgIpc) is 3.53. The van der Waals surface area contributed by atoms with Crippen molar-refractivity contribution in [1.29, 1.82) is 0 Å². The van der Waals surface area contributed by atoms with Gasteiger partial charge in [0.2, 0.25) is 0 Å². The minimum atomic E-state index is -3.65. The molecule has 0 bridgehead atoms. The molecule has 0 atom stereocenters. The Balaban J connectivity index is 1.34. The highest BCUT2D eigenvalue weighted by molar-refractivity contribution is 7.92. The fourth-order valence-corrected chi connectivity index (χ4v) is 7.79. The number of halogens is 1. The fraction of sp³-hybridized carbons (Fsp3) is 0.519. The lowest BCUT2D eigenvalue weighted by molar-refractivity contribution is 0.0416. The quantitative estimate of drug-likeness (QED) is 0.336. The zero-order chi connectivity index (χ0) is 28.3. The fourth-order valence-electron chi connectivity index (χ4n) is 4.92. The van der Waals surface area contributed by atoms with Crippen molar-refractivity contribution in [3.05, 3.63) is 41.8 Å². The molecule has 1 amide bonds. The summed E-state index contributed by atoms with van der Waals surface area (Å²) < 4.78 is 51.7. The van der Waals surface area contributed by atoms with Crippen molar-refractivity contribution >= 4 is 38.6 Å². The Bertz CT molecular complexity index is 1430. The van der Waals surface area contributed by atoms with Gasteiger partial charge in [0, 0.05) is 35.6 Å². The number of carbonyl (C=O) groups excluding carboxylic acids is 1. The summed E-state index contributed by atoms with van der Waals surface area (Å²) in [6.07, 6.45) is 7.88. The predicted octanol–water partition coefficient (Wildman–Crippen LogP) is 5.05. The van der Waals surface area contributed by atoms with Crippen molar-refractivity contribution < 1.29 is 27.1 Å². The molecule has 40 heavy (non-hydrogen) atoms. The topological polar surface area (TPSA) is 124 Å². The van der Waals surface area contributed by atoms with Crippen molar-refractivity contribution in [1.82, 2.24) is 20.1 Å². The van der Waals surface area contributed by atoms with Gasteiger partial charge in [0.15, 0.2) is 9.84 Å². The number of hydrogen-bond donors (Lipinski definition) is 2. The summed E-state index contributed by atoms with van der Waals surface area (Å²) in [6.45, 7) is 3.62. The van der Waals surface area contributed by atoms with Crippen LogP contribution >= 0.6 is 11.3 Å². The molecule has 2 N–H and O–H groups in total. The second-order valence-corrected chi connectivity index (χ2v) is 13.7. The second-order valence-electron chi connectivity index (χ2n) is 10.4. The summed E-state index contributed by atoms with van der Waals surface area (Å²) in [4.78, 5) is 17.7. The maximum absolute atomic E-state index is 13.6. The molecule has 216 valence electrons. The smallest absolute Gasteiger partial charge is 0.407 e. The first-order chi connectivity index (χ1) is 19.2. The lowest BCUT2D eigenvalue weighted by Gasteiger charge is -2.28. The number of carbonyl (C=O) groups is 1. The van der Waals surface area contributed by atoms with Gasteiger partial charge in [-0.25, -0.2) is 22.6 Å². The number of nitrogens with zero attached hydrogens (tertiary/aromatic N) is 3. The Morgan fingerprint density at radius 2 is 1.98 bits per heavy atom. The van der Waals surface area contributed by atoms with E-state index in [0.29, 0.717) is 16.9 Å². The molecule has 2 aliphatic rings. The molecule has 1 aliphatic carbocycles. The van der Waals surface area contributed by atoms with E-state index >= 15 is 0 Å². The van der Waals surface area contributed by atoms with Crippen LogP contribution in [0, 0.1) is 0 Å². The van der Waals surface area contributed by atoms with Gasteiger partial charge in [-0.1, -0.05) is 6.07 Å².